The molecule has 0 amide bonds. The zero-order chi connectivity index (χ0) is 12.3. The van der Waals surface area contributed by atoms with Crippen molar-refractivity contribution in [3.8, 4) is 5.88 Å². The number of hydrogen-bond donors (Lipinski definition) is 1. The highest BCUT2D eigenvalue weighted by atomic mass is 16.5. The van der Waals surface area contributed by atoms with Gasteiger partial charge in [0.05, 0.1) is 0 Å². The maximum Gasteiger partial charge on any atom is 0.218 e. The molecule has 1 atom stereocenters. The molecule has 2 heterocycles. The van der Waals surface area contributed by atoms with Gasteiger partial charge >= 0.3 is 0 Å². The summed E-state index contributed by atoms with van der Waals surface area (Å²) in [5.74, 6) is 0.706. The average molecular weight is 235 g/mol. The van der Waals surface area contributed by atoms with Crippen molar-refractivity contribution in [3.05, 3.63) is 23.9 Å². The van der Waals surface area contributed by atoms with Gasteiger partial charge in [-0.05, 0) is 32.9 Å². The zero-order valence-corrected chi connectivity index (χ0v) is 10.6. The molecule has 1 aromatic rings. The van der Waals surface area contributed by atoms with Gasteiger partial charge in [-0.3, -0.25) is 0 Å². The first-order valence-corrected chi connectivity index (χ1v) is 6.22. The number of likely N-dealkylation sites (tertiary alicyclic amines) is 1. The lowest BCUT2D eigenvalue weighted by Gasteiger charge is -2.29. The molecule has 0 bridgehead atoms. The predicted octanol–water partition coefficient (Wildman–Crippen LogP) is 1.57. The van der Waals surface area contributed by atoms with Crippen LogP contribution in [0.3, 0.4) is 0 Å². The normalized spacial score (nSPS) is 20.2. The molecular formula is C13H21N3O. The second-order valence-corrected chi connectivity index (χ2v) is 4.81. The van der Waals surface area contributed by atoms with Crippen LogP contribution in [-0.4, -0.2) is 36.1 Å². The first kappa shape index (κ1) is 12.3. The Bertz CT molecular complexity index is 359. The Balaban J connectivity index is 2.03. The highest BCUT2D eigenvalue weighted by molar-refractivity contribution is 5.28. The summed E-state index contributed by atoms with van der Waals surface area (Å²) < 4.78 is 5.98. The van der Waals surface area contributed by atoms with Crippen LogP contribution in [0.25, 0.3) is 0 Å². The van der Waals surface area contributed by atoms with Crippen LogP contribution in [0.15, 0.2) is 18.3 Å². The summed E-state index contributed by atoms with van der Waals surface area (Å²) in [6.45, 7) is 4.13. The quantitative estimate of drug-likeness (QED) is 0.864. The fourth-order valence-corrected chi connectivity index (χ4v) is 2.11. The van der Waals surface area contributed by atoms with Gasteiger partial charge in [0.1, 0.15) is 6.10 Å². The Morgan fingerprint density at radius 1 is 1.47 bits per heavy atom. The summed E-state index contributed by atoms with van der Waals surface area (Å²) >= 11 is 0. The molecular weight excluding hydrogens is 214 g/mol. The van der Waals surface area contributed by atoms with E-state index in [0.29, 0.717) is 5.88 Å². The van der Waals surface area contributed by atoms with Crippen molar-refractivity contribution >= 4 is 0 Å². The minimum absolute atomic E-state index is 0.0371. The molecule has 2 rings (SSSR count). The molecule has 1 aliphatic heterocycles. The Hall–Kier alpha value is -1.13. The standard InChI is InChI=1S/C13H21N3O/c1-10(14)12-4-3-7-15-13(12)17-11-5-8-16(2)9-6-11/h3-4,7,10-11H,5-6,8-9,14H2,1-2H3/t10-/m1/s1. The number of rotatable bonds is 3. The van der Waals surface area contributed by atoms with E-state index < -0.39 is 0 Å². The van der Waals surface area contributed by atoms with E-state index in [1.807, 2.05) is 19.1 Å². The van der Waals surface area contributed by atoms with Crippen LogP contribution in [0.4, 0.5) is 0 Å². The maximum absolute atomic E-state index is 5.98. The van der Waals surface area contributed by atoms with Gasteiger partial charge < -0.3 is 15.4 Å². The fraction of sp³-hybridized carbons (Fsp3) is 0.615. The third-order valence-electron chi connectivity index (χ3n) is 3.24. The van der Waals surface area contributed by atoms with E-state index in [9.17, 15) is 0 Å². The average Bonchev–Trinajstić information content (AvgIpc) is 2.32. The van der Waals surface area contributed by atoms with E-state index >= 15 is 0 Å². The Kier molecular flexibility index (Phi) is 3.97. The first-order valence-electron chi connectivity index (χ1n) is 6.22. The molecule has 1 fully saturated rings. The molecule has 4 heteroatoms. The minimum atomic E-state index is -0.0371. The van der Waals surface area contributed by atoms with Crippen molar-refractivity contribution in [3.63, 3.8) is 0 Å². The molecule has 94 valence electrons. The number of aromatic nitrogens is 1. The number of ether oxygens (including phenoxy) is 1. The largest absolute Gasteiger partial charge is 0.474 e. The van der Waals surface area contributed by atoms with Gasteiger partial charge in [0, 0.05) is 30.9 Å². The lowest BCUT2D eigenvalue weighted by atomic mass is 10.1. The monoisotopic (exact) mass is 235 g/mol. The van der Waals surface area contributed by atoms with E-state index in [-0.39, 0.29) is 12.1 Å². The van der Waals surface area contributed by atoms with Gasteiger partial charge in [0.2, 0.25) is 5.88 Å². The number of hydrogen-bond acceptors (Lipinski definition) is 4. The SMILES string of the molecule is C[C@@H](N)c1cccnc1OC1CCN(C)CC1. The summed E-state index contributed by atoms with van der Waals surface area (Å²) in [6, 6.07) is 3.85. The van der Waals surface area contributed by atoms with Crippen LogP contribution in [0.1, 0.15) is 31.4 Å². The van der Waals surface area contributed by atoms with Crippen LogP contribution >= 0.6 is 0 Å². The van der Waals surface area contributed by atoms with E-state index in [4.69, 9.17) is 10.5 Å². The summed E-state index contributed by atoms with van der Waals surface area (Å²) in [5, 5.41) is 0. The topological polar surface area (TPSA) is 51.4 Å². The van der Waals surface area contributed by atoms with Gasteiger partial charge in [0.15, 0.2) is 0 Å². The van der Waals surface area contributed by atoms with Crippen molar-refractivity contribution in [2.75, 3.05) is 20.1 Å². The van der Waals surface area contributed by atoms with E-state index in [0.717, 1.165) is 31.5 Å². The second kappa shape index (κ2) is 5.47. The predicted molar refractivity (Wildman–Crippen MR) is 68.0 cm³/mol. The number of nitrogens with two attached hydrogens (primary N) is 1. The number of piperidine rings is 1. The van der Waals surface area contributed by atoms with Crippen molar-refractivity contribution in [1.29, 1.82) is 0 Å². The van der Waals surface area contributed by atoms with Crippen LogP contribution in [0.2, 0.25) is 0 Å². The van der Waals surface area contributed by atoms with Gasteiger partial charge in [-0.15, -0.1) is 0 Å². The third kappa shape index (κ3) is 3.17. The van der Waals surface area contributed by atoms with Gasteiger partial charge in [0.25, 0.3) is 0 Å². The Morgan fingerprint density at radius 3 is 2.82 bits per heavy atom. The van der Waals surface area contributed by atoms with Gasteiger partial charge in [-0.1, -0.05) is 6.07 Å². The van der Waals surface area contributed by atoms with E-state index in [2.05, 4.69) is 16.9 Å². The lowest BCUT2D eigenvalue weighted by Crippen LogP contribution is -2.36. The number of pyridine rings is 1. The molecule has 4 nitrogen and oxygen atoms in total. The van der Waals surface area contributed by atoms with Gasteiger partial charge in [-0.25, -0.2) is 4.98 Å². The maximum atomic E-state index is 5.98. The third-order valence-corrected chi connectivity index (χ3v) is 3.24. The zero-order valence-electron chi connectivity index (χ0n) is 10.6. The highest BCUT2D eigenvalue weighted by Crippen LogP contribution is 2.23. The van der Waals surface area contributed by atoms with Crippen molar-refractivity contribution < 1.29 is 4.74 Å². The molecule has 0 unspecified atom stereocenters. The summed E-state index contributed by atoms with van der Waals surface area (Å²) in [6.07, 6.45) is 4.16. The molecule has 1 aromatic heterocycles. The lowest BCUT2D eigenvalue weighted by molar-refractivity contribution is 0.108. The highest BCUT2D eigenvalue weighted by Gasteiger charge is 2.20. The molecule has 0 aliphatic carbocycles. The summed E-state index contributed by atoms with van der Waals surface area (Å²) in [5.41, 5.74) is 6.91. The van der Waals surface area contributed by atoms with Crippen LogP contribution < -0.4 is 10.5 Å². The van der Waals surface area contributed by atoms with Crippen LogP contribution in [0.5, 0.6) is 5.88 Å². The van der Waals surface area contributed by atoms with Crippen molar-refractivity contribution in [2.24, 2.45) is 5.73 Å². The summed E-state index contributed by atoms with van der Waals surface area (Å²) in [7, 11) is 2.14. The second-order valence-electron chi connectivity index (χ2n) is 4.81. The Morgan fingerprint density at radius 2 is 2.18 bits per heavy atom. The molecule has 0 radical (unpaired) electrons. The first-order chi connectivity index (χ1) is 8.16. The molecule has 0 saturated carbocycles. The Labute approximate surface area is 103 Å². The van der Waals surface area contributed by atoms with Crippen LogP contribution in [0, 0.1) is 0 Å². The van der Waals surface area contributed by atoms with Crippen LogP contribution in [-0.2, 0) is 0 Å². The molecule has 1 saturated heterocycles. The van der Waals surface area contributed by atoms with E-state index in [1.165, 1.54) is 0 Å². The van der Waals surface area contributed by atoms with E-state index in [1.54, 1.807) is 6.20 Å². The fourth-order valence-electron chi connectivity index (χ4n) is 2.11. The van der Waals surface area contributed by atoms with Crippen molar-refractivity contribution in [2.45, 2.75) is 31.9 Å². The smallest absolute Gasteiger partial charge is 0.218 e. The molecule has 0 aromatic carbocycles. The minimum Gasteiger partial charge on any atom is -0.474 e. The van der Waals surface area contributed by atoms with Gasteiger partial charge in [-0.2, -0.15) is 0 Å². The summed E-state index contributed by atoms with van der Waals surface area (Å²) in [4.78, 5) is 6.62. The molecule has 17 heavy (non-hydrogen) atoms. The van der Waals surface area contributed by atoms with Crippen molar-refractivity contribution in [1.82, 2.24) is 9.88 Å². The molecule has 0 spiro atoms. The molecule has 1 aliphatic rings. The molecule has 2 N–H and O–H groups in total. The number of nitrogens with zero attached hydrogens (tertiary/aromatic N) is 2.